The van der Waals surface area contributed by atoms with Crippen molar-refractivity contribution >= 4 is 11.9 Å². The number of halogens is 1. The van der Waals surface area contributed by atoms with E-state index in [4.69, 9.17) is 4.74 Å². The van der Waals surface area contributed by atoms with Gasteiger partial charge in [0.05, 0.1) is 34.1 Å². The fraction of sp³-hybridized carbons (Fsp3) is 0.897. The summed E-state index contributed by atoms with van der Waals surface area (Å²) in [6.45, 7) is 14.1. The maximum atomic E-state index is 12.8. The zero-order valence-electron chi connectivity index (χ0n) is 31.7. The average molecular weight is 789 g/mol. The summed E-state index contributed by atoms with van der Waals surface area (Å²) in [5.41, 5.74) is -0.475. The number of likely N-dealkylation sites (N-methyl/N-ethyl adjacent to an activating group) is 2. The SMILES string of the molecule is CC(C)CCC[C@@H](C)[C@H]1CCC2C3CC=C4CC(O)(OC(CCN(C)CC[N+](C)(C)C)(CC(=O)O)C(=O)O)CC[C@]4(C)C3CC[C@@]21C.[I-]. The summed E-state index contributed by atoms with van der Waals surface area (Å²) in [6, 6.07) is 0. The van der Waals surface area contributed by atoms with Crippen LogP contribution in [0.4, 0.5) is 0 Å². The number of hydrogen-bond donors (Lipinski definition) is 3. The van der Waals surface area contributed by atoms with Crippen LogP contribution in [0.1, 0.15) is 118 Å². The number of nitrogens with zero attached hydrogens (tertiary/aromatic N) is 2. The molecular formula is C39H69IN2O6. The molecule has 0 amide bonds. The van der Waals surface area contributed by atoms with E-state index in [-0.39, 0.29) is 42.2 Å². The second-order valence-corrected chi connectivity index (χ2v) is 18.5. The fourth-order valence-electron chi connectivity index (χ4n) is 10.7. The zero-order chi connectivity index (χ0) is 35.0. The highest BCUT2D eigenvalue weighted by Gasteiger charge is 2.61. The molecule has 4 aliphatic rings. The van der Waals surface area contributed by atoms with Gasteiger partial charge in [-0.3, -0.25) is 4.79 Å². The van der Waals surface area contributed by atoms with Crippen molar-refractivity contribution in [3.63, 3.8) is 0 Å². The zero-order valence-corrected chi connectivity index (χ0v) is 33.9. The Hall–Kier alpha value is -0.750. The first-order valence-corrected chi connectivity index (χ1v) is 18.8. The summed E-state index contributed by atoms with van der Waals surface area (Å²) in [4.78, 5) is 26.8. The first-order chi connectivity index (χ1) is 21.7. The van der Waals surface area contributed by atoms with E-state index < -0.39 is 29.7 Å². The molecule has 9 heteroatoms. The number of ether oxygens (including phenoxy) is 1. The van der Waals surface area contributed by atoms with Gasteiger partial charge in [-0.05, 0) is 91.9 Å². The minimum absolute atomic E-state index is 0. The number of quaternary nitrogens is 1. The lowest BCUT2D eigenvalue weighted by atomic mass is 9.46. The van der Waals surface area contributed by atoms with Gasteiger partial charge in [-0.25, -0.2) is 4.79 Å². The van der Waals surface area contributed by atoms with Crippen molar-refractivity contribution in [2.45, 2.75) is 129 Å². The van der Waals surface area contributed by atoms with E-state index in [1.165, 1.54) is 50.5 Å². The minimum Gasteiger partial charge on any atom is -1.00 e. The van der Waals surface area contributed by atoms with Gasteiger partial charge in [-0.15, -0.1) is 0 Å². The van der Waals surface area contributed by atoms with Crippen LogP contribution in [-0.4, -0.2) is 95.9 Å². The van der Waals surface area contributed by atoms with Gasteiger partial charge in [0, 0.05) is 32.4 Å². The van der Waals surface area contributed by atoms with Gasteiger partial charge in [-0.2, -0.15) is 0 Å². The van der Waals surface area contributed by atoms with Crippen molar-refractivity contribution in [2.24, 2.45) is 46.3 Å². The molecule has 0 heterocycles. The Balaban J connectivity index is 0.00000625. The Morgan fingerprint density at radius 2 is 1.71 bits per heavy atom. The molecule has 0 aromatic carbocycles. The predicted octanol–water partition coefficient (Wildman–Crippen LogP) is 4.06. The number of aliphatic carboxylic acids is 2. The van der Waals surface area contributed by atoms with Crippen LogP contribution in [0.3, 0.4) is 0 Å². The molecule has 9 atom stereocenters. The van der Waals surface area contributed by atoms with Crippen LogP contribution >= 0.6 is 0 Å². The fourth-order valence-corrected chi connectivity index (χ4v) is 10.7. The average Bonchev–Trinajstić information content (AvgIpc) is 3.31. The Kier molecular flexibility index (Phi) is 13.8. The third-order valence-corrected chi connectivity index (χ3v) is 13.6. The number of hydrogen-bond acceptors (Lipinski definition) is 5. The van der Waals surface area contributed by atoms with Crippen LogP contribution < -0.4 is 24.0 Å². The van der Waals surface area contributed by atoms with E-state index in [1.54, 1.807) is 0 Å². The molecule has 48 heavy (non-hydrogen) atoms. The molecule has 8 nitrogen and oxygen atoms in total. The third kappa shape index (κ3) is 9.18. The maximum Gasteiger partial charge on any atom is 0.336 e. The van der Waals surface area contributed by atoms with Crippen molar-refractivity contribution in [3.05, 3.63) is 11.6 Å². The minimum atomic E-state index is -2.01. The lowest BCUT2D eigenvalue weighted by Crippen LogP contribution is -3.00. The van der Waals surface area contributed by atoms with Gasteiger partial charge in [0.2, 0.25) is 0 Å². The number of fused-ring (bicyclic) bond motifs is 5. The quantitative estimate of drug-likeness (QED) is 0.0939. The largest absolute Gasteiger partial charge is 1.00 e. The normalized spacial score (nSPS) is 35.1. The standard InChI is InChI=1S/C39H68N2O6.HI/c1-27(2)11-10-12-28(3)31-15-16-32-30-14-13-29-25-39(46,20-19-36(29,4)33(30)17-18-37(31,32)5)47-38(35(44)45,26-34(42)43)21-22-40(6)23-24-41(7,8)9;/h13,27-28,30-33,46H,10-12,14-26H2,1-9H3,(H-,42,43,44,45);1H/t28-,30?,31-,32?,33?,36+,37-,38?,39?;/m1./s1. The smallest absolute Gasteiger partial charge is 0.336 e. The van der Waals surface area contributed by atoms with Crippen LogP contribution in [0.2, 0.25) is 0 Å². The van der Waals surface area contributed by atoms with Crippen molar-refractivity contribution in [3.8, 4) is 0 Å². The van der Waals surface area contributed by atoms with Crippen LogP contribution in [0.15, 0.2) is 11.6 Å². The number of aliphatic hydroxyl groups is 1. The summed E-state index contributed by atoms with van der Waals surface area (Å²) >= 11 is 0. The molecule has 0 bridgehead atoms. The van der Waals surface area contributed by atoms with Crippen molar-refractivity contribution in [1.29, 1.82) is 0 Å². The topological polar surface area (TPSA) is 107 Å². The molecule has 0 aromatic rings. The van der Waals surface area contributed by atoms with Gasteiger partial charge in [0.25, 0.3) is 0 Å². The predicted molar refractivity (Wildman–Crippen MR) is 187 cm³/mol. The van der Waals surface area contributed by atoms with Crippen LogP contribution in [0.5, 0.6) is 0 Å². The van der Waals surface area contributed by atoms with Crippen molar-refractivity contribution in [1.82, 2.24) is 4.90 Å². The lowest BCUT2D eigenvalue weighted by Gasteiger charge is -2.59. The number of rotatable bonds is 16. The van der Waals surface area contributed by atoms with Gasteiger partial charge in [0.1, 0.15) is 0 Å². The Bertz CT molecular complexity index is 1160. The van der Waals surface area contributed by atoms with Gasteiger partial charge in [0.15, 0.2) is 11.4 Å². The molecule has 0 saturated heterocycles. The molecule has 0 spiro atoms. The highest BCUT2D eigenvalue weighted by atomic mass is 127. The number of carboxylic acid groups (broad SMARTS) is 2. The number of carboxylic acids is 2. The molecule has 5 unspecified atom stereocenters. The summed E-state index contributed by atoms with van der Waals surface area (Å²) in [7, 11) is 8.22. The van der Waals surface area contributed by atoms with Gasteiger partial charge in [-0.1, -0.05) is 65.5 Å². The molecule has 0 radical (unpaired) electrons. The highest BCUT2D eigenvalue weighted by Crippen LogP contribution is 2.68. The molecule has 3 fully saturated rings. The summed E-state index contributed by atoms with van der Waals surface area (Å²) in [5, 5.41) is 32.2. The summed E-state index contributed by atoms with van der Waals surface area (Å²) in [6.07, 6.45) is 13.1. The molecule has 0 aliphatic heterocycles. The Morgan fingerprint density at radius 3 is 2.31 bits per heavy atom. The molecule has 3 N–H and O–H groups in total. The third-order valence-electron chi connectivity index (χ3n) is 13.6. The molecular weight excluding hydrogens is 719 g/mol. The van der Waals surface area contributed by atoms with Gasteiger partial charge >= 0.3 is 11.9 Å². The monoisotopic (exact) mass is 788 g/mol. The molecule has 4 rings (SSSR count). The van der Waals surface area contributed by atoms with E-state index >= 15 is 0 Å². The van der Waals surface area contributed by atoms with Crippen LogP contribution in [-0.2, 0) is 14.3 Å². The van der Waals surface area contributed by atoms with E-state index in [0.29, 0.717) is 30.2 Å². The second kappa shape index (κ2) is 15.9. The molecule has 0 aromatic heterocycles. The molecule has 3 saturated carbocycles. The van der Waals surface area contributed by atoms with Crippen LogP contribution in [0, 0.1) is 46.3 Å². The van der Waals surface area contributed by atoms with Crippen molar-refractivity contribution < 1.29 is 58.1 Å². The first-order valence-electron chi connectivity index (χ1n) is 18.8. The molecule has 278 valence electrons. The van der Waals surface area contributed by atoms with E-state index in [2.05, 4.69) is 61.8 Å². The van der Waals surface area contributed by atoms with Crippen LogP contribution in [0.25, 0.3) is 0 Å². The molecule has 4 aliphatic carbocycles. The van der Waals surface area contributed by atoms with Gasteiger partial charge < -0.3 is 53.4 Å². The second-order valence-electron chi connectivity index (χ2n) is 18.5. The summed E-state index contributed by atoms with van der Waals surface area (Å²) < 4.78 is 7.01. The first kappa shape index (κ1) is 41.7. The van der Waals surface area contributed by atoms with E-state index in [1.807, 2.05) is 11.9 Å². The number of allylic oxidation sites excluding steroid dienone is 1. The maximum absolute atomic E-state index is 12.8. The van der Waals surface area contributed by atoms with E-state index in [0.717, 1.165) is 54.1 Å². The lowest BCUT2D eigenvalue weighted by molar-refractivity contribution is -0.869. The van der Waals surface area contributed by atoms with Crippen molar-refractivity contribution in [2.75, 3.05) is 47.8 Å². The Morgan fingerprint density at radius 1 is 1.02 bits per heavy atom. The highest BCUT2D eigenvalue weighted by molar-refractivity contribution is 5.84. The summed E-state index contributed by atoms with van der Waals surface area (Å²) in [5.74, 6) is 0.00997. The number of carbonyl (C=O) groups is 2. The Labute approximate surface area is 309 Å². The van der Waals surface area contributed by atoms with E-state index in [9.17, 15) is 24.9 Å².